The Labute approximate surface area is 131 Å². The van der Waals surface area contributed by atoms with Crippen LogP contribution in [0.25, 0.3) is 11.6 Å². The fourth-order valence-electron chi connectivity index (χ4n) is 1.51. The molecular formula is C16H13ClF3NO. The van der Waals surface area contributed by atoms with Gasteiger partial charge in [-0.3, -0.25) is 0 Å². The molecule has 0 aliphatic rings. The Kier molecular flexibility index (Phi) is 5.77. The number of alkyl halides is 3. The largest absolute Gasteiger partial charge is 0.574 e. The van der Waals surface area contributed by atoms with Crippen molar-refractivity contribution in [1.82, 2.24) is 4.98 Å². The SMILES string of the molecule is C=Cc1nc(OC(F)(F)F)ccc1C(=C)C(=C)C=CC(=C)Cl. The van der Waals surface area contributed by atoms with Crippen LogP contribution in [0.3, 0.4) is 0 Å². The minimum Gasteiger partial charge on any atom is -0.388 e. The molecule has 0 saturated carbocycles. The molecule has 0 spiro atoms. The summed E-state index contributed by atoms with van der Waals surface area (Å²) in [6.45, 7) is 14.7. The molecule has 1 aromatic heterocycles. The van der Waals surface area contributed by atoms with E-state index in [1.165, 1.54) is 18.2 Å². The quantitative estimate of drug-likeness (QED) is 0.643. The van der Waals surface area contributed by atoms with E-state index in [0.717, 1.165) is 6.07 Å². The second-order valence-corrected chi connectivity index (χ2v) is 4.60. The van der Waals surface area contributed by atoms with Gasteiger partial charge < -0.3 is 4.74 Å². The van der Waals surface area contributed by atoms with Crippen LogP contribution in [-0.2, 0) is 0 Å². The van der Waals surface area contributed by atoms with E-state index >= 15 is 0 Å². The van der Waals surface area contributed by atoms with Crippen LogP contribution >= 0.6 is 11.6 Å². The number of hydrogen-bond acceptors (Lipinski definition) is 2. The van der Waals surface area contributed by atoms with E-state index in [9.17, 15) is 13.2 Å². The molecule has 0 aliphatic heterocycles. The van der Waals surface area contributed by atoms with E-state index < -0.39 is 12.2 Å². The van der Waals surface area contributed by atoms with Gasteiger partial charge in [-0.2, -0.15) is 0 Å². The summed E-state index contributed by atoms with van der Waals surface area (Å²) in [5, 5.41) is 0.310. The molecule has 0 fully saturated rings. The number of pyridine rings is 1. The van der Waals surface area contributed by atoms with E-state index in [-0.39, 0.29) is 5.69 Å². The van der Waals surface area contributed by atoms with Crippen LogP contribution in [-0.4, -0.2) is 11.3 Å². The van der Waals surface area contributed by atoms with Gasteiger partial charge in [0.2, 0.25) is 5.88 Å². The molecule has 0 aromatic carbocycles. The zero-order valence-corrected chi connectivity index (χ0v) is 12.3. The van der Waals surface area contributed by atoms with Gasteiger partial charge in [-0.1, -0.05) is 44.0 Å². The summed E-state index contributed by atoms with van der Waals surface area (Å²) >= 11 is 5.61. The summed E-state index contributed by atoms with van der Waals surface area (Å²) in [5.74, 6) is -0.575. The highest BCUT2D eigenvalue weighted by molar-refractivity contribution is 6.30. The van der Waals surface area contributed by atoms with Crippen molar-refractivity contribution < 1.29 is 17.9 Å². The predicted molar refractivity (Wildman–Crippen MR) is 83.3 cm³/mol. The van der Waals surface area contributed by atoms with Gasteiger partial charge >= 0.3 is 6.36 Å². The van der Waals surface area contributed by atoms with Gasteiger partial charge in [0.05, 0.1) is 5.69 Å². The Morgan fingerprint density at radius 2 is 1.82 bits per heavy atom. The van der Waals surface area contributed by atoms with Crippen molar-refractivity contribution >= 4 is 23.3 Å². The zero-order valence-electron chi connectivity index (χ0n) is 11.6. The first kappa shape index (κ1) is 17.8. The summed E-state index contributed by atoms with van der Waals surface area (Å²) in [6, 6.07) is 2.50. The molecule has 2 nitrogen and oxygen atoms in total. The topological polar surface area (TPSA) is 22.1 Å². The molecule has 6 heteroatoms. The van der Waals surface area contributed by atoms with E-state index in [1.54, 1.807) is 6.08 Å². The molecule has 116 valence electrons. The minimum absolute atomic E-state index is 0.200. The van der Waals surface area contributed by atoms with Crippen molar-refractivity contribution in [1.29, 1.82) is 0 Å². The van der Waals surface area contributed by atoms with Crippen molar-refractivity contribution in [3.8, 4) is 5.88 Å². The molecule has 1 heterocycles. The number of aromatic nitrogens is 1. The Morgan fingerprint density at radius 3 is 2.32 bits per heavy atom. The average Bonchev–Trinajstić information content (AvgIpc) is 2.42. The Morgan fingerprint density at radius 1 is 1.18 bits per heavy atom. The number of rotatable bonds is 6. The first-order valence-electron chi connectivity index (χ1n) is 5.94. The third kappa shape index (κ3) is 5.26. The molecule has 0 bridgehead atoms. The lowest BCUT2D eigenvalue weighted by atomic mass is 9.99. The molecular weight excluding hydrogens is 315 g/mol. The first-order chi connectivity index (χ1) is 10.1. The molecule has 0 atom stereocenters. The third-order valence-electron chi connectivity index (χ3n) is 2.49. The summed E-state index contributed by atoms with van der Waals surface area (Å²) in [5.41, 5.74) is 1.66. The fourth-order valence-corrected chi connectivity index (χ4v) is 1.57. The number of nitrogens with zero attached hydrogens (tertiary/aromatic N) is 1. The second kappa shape index (κ2) is 7.13. The lowest BCUT2D eigenvalue weighted by Crippen LogP contribution is -2.18. The molecule has 1 aromatic rings. The lowest BCUT2D eigenvalue weighted by Gasteiger charge is -2.12. The first-order valence-corrected chi connectivity index (χ1v) is 6.32. The summed E-state index contributed by atoms with van der Waals surface area (Å²) in [6.07, 6.45) is -0.389. The van der Waals surface area contributed by atoms with Crippen molar-refractivity contribution in [3.05, 3.63) is 72.5 Å². The third-order valence-corrected chi connectivity index (χ3v) is 2.62. The van der Waals surface area contributed by atoms with E-state index in [1.807, 2.05) is 0 Å². The molecule has 0 unspecified atom stereocenters. The summed E-state index contributed by atoms with van der Waals surface area (Å²) < 4.78 is 40.3. The molecule has 1 rings (SSSR count). The zero-order chi connectivity index (χ0) is 16.9. The number of ether oxygens (including phenoxy) is 1. The number of allylic oxidation sites excluding steroid dienone is 5. The van der Waals surface area contributed by atoms with Crippen molar-refractivity contribution in [2.45, 2.75) is 6.36 Å². The maximum atomic E-state index is 12.2. The van der Waals surface area contributed by atoms with Gasteiger partial charge in [0.15, 0.2) is 0 Å². The standard InChI is InChI=1S/C16H13ClF3NO/c1-5-14-13(12(4)10(2)6-7-11(3)17)8-9-15(21-14)22-16(18,19)20/h5-9H,1-4H2. The Hall–Kier alpha value is -2.27. The Balaban J connectivity index is 3.10. The van der Waals surface area contributed by atoms with Crippen LogP contribution < -0.4 is 4.74 Å². The highest BCUT2D eigenvalue weighted by Gasteiger charge is 2.32. The molecule has 0 saturated heterocycles. The van der Waals surface area contributed by atoms with Crippen molar-refractivity contribution in [2.75, 3.05) is 0 Å². The summed E-state index contributed by atoms with van der Waals surface area (Å²) in [7, 11) is 0. The van der Waals surface area contributed by atoms with Crippen LogP contribution in [0, 0.1) is 0 Å². The van der Waals surface area contributed by atoms with Gasteiger partial charge in [0.25, 0.3) is 0 Å². The van der Waals surface area contributed by atoms with Crippen LogP contribution in [0.2, 0.25) is 0 Å². The van der Waals surface area contributed by atoms with Crippen LogP contribution in [0.1, 0.15) is 11.3 Å². The number of halogens is 4. The van der Waals surface area contributed by atoms with E-state index in [0.29, 0.717) is 21.7 Å². The van der Waals surface area contributed by atoms with Gasteiger partial charge in [0.1, 0.15) is 0 Å². The predicted octanol–water partition coefficient (Wildman–Crippen LogP) is 5.50. The fraction of sp³-hybridized carbons (Fsp3) is 0.0625. The lowest BCUT2D eigenvalue weighted by molar-refractivity contribution is -0.276. The molecule has 0 amide bonds. The highest BCUT2D eigenvalue weighted by Crippen LogP contribution is 2.28. The van der Waals surface area contributed by atoms with Gasteiger partial charge in [-0.25, -0.2) is 4.98 Å². The monoisotopic (exact) mass is 327 g/mol. The van der Waals surface area contributed by atoms with E-state index in [4.69, 9.17) is 11.6 Å². The average molecular weight is 328 g/mol. The number of hydrogen-bond donors (Lipinski definition) is 0. The molecule has 22 heavy (non-hydrogen) atoms. The second-order valence-electron chi connectivity index (χ2n) is 4.12. The van der Waals surface area contributed by atoms with Gasteiger partial charge in [-0.15, -0.1) is 13.2 Å². The van der Waals surface area contributed by atoms with Crippen LogP contribution in [0.15, 0.2) is 61.2 Å². The van der Waals surface area contributed by atoms with Crippen molar-refractivity contribution in [2.24, 2.45) is 0 Å². The van der Waals surface area contributed by atoms with Gasteiger partial charge in [-0.05, 0) is 29.4 Å². The maximum Gasteiger partial charge on any atom is 0.574 e. The summed E-state index contributed by atoms with van der Waals surface area (Å²) in [4.78, 5) is 3.75. The normalized spacial score (nSPS) is 11.3. The van der Waals surface area contributed by atoms with Crippen molar-refractivity contribution in [3.63, 3.8) is 0 Å². The smallest absolute Gasteiger partial charge is 0.388 e. The minimum atomic E-state index is -4.81. The molecule has 0 aliphatic carbocycles. The van der Waals surface area contributed by atoms with Gasteiger partial charge in [0, 0.05) is 16.7 Å². The maximum absolute atomic E-state index is 12.2. The van der Waals surface area contributed by atoms with E-state index in [2.05, 4.69) is 36.0 Å². The molecule has 0 radical (unpaired) electrons. The van der Waals surface area contributed by atoms with Crippen LogP contribution in [0.4, 0.5) is 13.2 Å². The molecule has 0 N–H and O–H groups in total. The highest BCUT2D eigenvalue weighted by atomic mass is 35.5. The van der Waals surface area contributed by atoms with Crippen LogP contribution in [0.5, 0.6) is 5.88 Å². The Bertz CT molecular complexity index is 660.